The fraction of sp³-hybridized carbons (Fsp3) is 0.125. The minimum Gasteiger partial charge on any atom is -0.478 e. The summed E-state index contributed by atoms with van der Waals surface area (Å²) in [4.78, 5) is 23.2. The molecule has 4 nitrogen and oxygen atoms in total. The van der Waals surface area contributed by atoms with Crippen LogP contribution in [0.1, 0.15) is 31.8 Å². The van der Waals surface area contributed by atoms with Crippen LogP contribution in [0.3, 0.4) is 0 Å². The standard InChI is InChI=1S/C16H14O4/c1-11-6-5-9-13(14(11)15(17)18)16(19)20-10-12-7-3-2-4-8-12/h2-9H,10H2,1H3,(H,17,18). The van der Waals surface area contributed by atoms with Crippen LogP contribution >= 0.6 is 0 Å². The van der Waals surface area contributed by atoms with E-state index in [0.717, 1.165) is 5.56 Å². The third-order valence-electron chi connectivity index (χ3n) is 2.92. The first-order valence-corrected chi connectivity index (χ1v) is 6.13. The number of carboxylic acids is 1. The highest BCUT2D eigenvalue weighted by molar-refractivity contribution is 6.03. The number of carbonyl (C=O) groups is 2. The highest BCUT2D eigenvalue weighted by atomic mass is 16.5. The van der Waals surface area contributed by atoms with Crippen LogP contribution in [0, 0.1) is 6.92 Å². The molecule has 0 fully saturated rings. The topological polar surface area (TPSA) is 63.6 Å². The minimum atomic E-state index is -1.13. The Kier molecular flexibility index (Phi) is 4.15. The molecule has 0 aliphatic carbocycles. The summed E-state index contributed by atoms with van der Waals surface area (Å²) >= 11 is 0. The molecule has 2 rings (SSSR count). The Morgan fingerprint density at radius 1 is 1.05 bits per heavy atom. The third-order valence-corrected chi connectivity index (χ3v) is 2.92. The SMILES string of the molecule is Cc1cccc(C(=O)OCc2ccccc2)c1C(=O)O. The molecule has 0 unspecified atom stereocenters. The van der Waals surface area contributed by atoms with Crippen LogP contribution < -0.4 is 0 Å². The zero-order valence-electron chi connectivity index (χ0n) is 11.0. The van der Waals surface area contributed by atoms with Crippen molar-refractivity contribution in [3.05, 3.63) is 70.8 Å². The van der Waals surface area contributed by atoms with Gasteiger partial charge in [0, 0.05) is 0 Å². The van der Waals surface area contributed by atoms with Gasteiger partial charge in [0.2, 0.25) is 0 Å². The highest BCUT2D eigenvalue weighted by Gasteiger charge is 2.19. The van der Waals surface area contributed by atoms with Gasteiger partial charge in [-0.05, 0) is 24.1 Å². The van der Waals surface area contributed by atoms with Crippen molar-refractivity contribution in [2.45, 2.75) is 13.5 Å². The summed E-state index contributed by atoms with van der Waals surface area (Å²) in [7, 11) is 0. The summed E-state index contributed by atoms with van der Waals surface area (Å²) in [6.07, 6.45) is 0. The molecule has 0 atom stereocenters. The van der Waals surface area contributed by atoms with Gasteiger partial charge >= 0.3 is 11.9 Å². The van der Waals surface area contributed by atoms with Gasteiger partial charge in [-0.3, -0.25) is 0 Å². The number of carboxylic acid groups (broad SMARTS) is 1. The van der Waals surface area contributed by atoms with E-state index in [4.69, 9.17) is 4.74 Å². The molecule has 20 heavy (non-hydrogen) atoms. The Labute approximate surface area is 116 Å². The number of esters is 1. The first kappa shape index (κ1) is 13.8. The smallest absolute Gasteiger partial charge is 0.339 e. The van der Waals surface area contributed by atoms with Crippen LogP contribution in [-0.4, -0.2) is 17.0 Å². The lowest BCUT2D eigenvalue weighted by atomic mass is 10.0. The van der Waals surface area contributed by atoms with Crippen molar-refractivity contribution < 1.29 is 19.4 Å². The molecule has 0 aliphatic rings. The van der Waals surface area contributed by atoms with Gasteiger partial charge in [-0.15, -0.1) is 0 Å². The van der Waals surface area contributed by atoms with Gasteiger partial charge in [-0.25, -0.2) is 9.59 Å². The van der Waals surface area contributed by atoms with Crippen molar-refractivity contribution in [2.24, 2.45) is 0 Å². The number of benzene rings is 2. The molecule has 102 valence electrons. The molecule has 0 aliphatic heterocycles. The first-order chi connectivity index (χ1) is 9.59. The van der Waals surface area contributed by atoms with Crippen LogP contribution in [0.4, 0.5) is 0 Å². The molecular weight excluding hydrogens is 256 g/mol. The summed E-state index contributed by atoms with van der Waals surface area (Å²) < 4.78 is 5.16. The maximum Gasteiger partial charge on any atom is 0.339 e. The van der Waals surface area contributed by atoms with Crippen molar-refractivity contribution in [2.75, 3.05) is 0 Å². The van der Waals surface area contributed by atoms with Gasteiger partial charge in [0.05, 0.1) is 11.1 Å². The van der Waals surface area contributed by atoms with E-state index in [9.17, 15) is 14.7 Å². The molecule has 4 heteroatoms. The van der Waals surface area contributed by atoms with Gasteiger partial charge in [0.15, 0.2) is 0 Å². The van der Waals surface area contributed by atoms with Gasteiger partial charge < -0.3 is 9.84 Å². The molecule has 0 radical (unpaired) electrons. The lowest BCUT2D eigenvalue weighted by Gasteiger charge is -2.09. The van der Waals surface area contributed by atoms with Crippen molar-refractivity contribution in [3.63, 3.8) is 0 Å². The maximum absolute atomic E-state index is 12.0. The Hall–Kier alpha value is -2.62. The fourth-order valence-electron chi connectivity index (χ4n) is 1.92. The number of carbonyl (C=O) groups excluding carboxylic acids is 1. The minimum absolute atomic E-state index is 0.00874. The average molecular weight is 270 g/mol. The fourth-order valence-corrected chi connectivity index (χ4v) is 1.92. The summed E-state index contributed by atoms with van der Waals surface area (Å²) in [5.74, 6) is -1.76. The highest BCUT2D eigenvalue weighted by Crippen LogP contribution is 2.16. The second kappa shape index (κ2) is 6.02. The maximum atomic E-state index is 12.0. The Bertz CT molecular complexity index is 632. The second-order valence-electron chi connectivity index (χ2n) is 4.36. The van der Waals surface area contributed by atoms with Crippen LogP contribution in [0.15, 0.2) is 48.5 Å². The number of hydrogen-bond donors (Lipinski definition) is 1. The number of hydrogen-bond acceptors (Lipinski definition) is 3. The molecule has 1 N–H and O–H groups in total. The van der Waals surface area contributed by atoms with Gasteiger partial charge in [-0.1, -0.05) is 42.5 Å². The molecule has 0 saturated heterocycles. The van der Waals surface area contributed by atoms with Crippen LogP contribution in [0.5, 0.6) is 0 Å². The van der Waals surface area contributed by atoms with E-state index in [1.807, 2.05) is 30.3 Å². The molecule has 0 bridgehead atoms. The monoisotopic (exact) mass is 270 g/mol. The van der Waals surface area contributed by atoms with Gasteiger partial charge in [0.1, 0.15) is 6.61 Å². The molecule has 2 aromatic rings. The van der Waals surface area contributed by atoms with E-state index in [-0.39, 0.29) is 17.7 Å². The van der Waals surface area contributed by atoms with Crippen LogP contribution in [0.25, 0.3) is 0 Å². The van der Waals surface area contributed by atoms with Crippen molar-refractivity contribution in [3.8, 4) is 0 Å². The Balaban J connectivity index is 2.18. The molecule has 0 saturated carbocycles. The van der Waals surface area contributed by atoms with Crippen molar-refractivity contribution in [1.82, 2.24) is 0 Å². The molecular formula is C16H14O4. The Morgan fingerprint density at radius 2 is 1.75 bits per heavy atom. The molecule has 0 aromatic heterocycles. The predicted molar refractivity (Wildman–Crippen MR) is 73.7 cm³/mol. The van der Waals surface area contributed by atoms with E-state index < -0.39 is 11.9 Å². The van der Waals surface area contributed by atoms with Crippen molar-refractivity contribution >= 4 is 11.9 Å². The van der Waals surface area contributed by atoms with E-state index in [1.54, 1.807) is 19.1 Å². The number of ether oxygens (including phenoxy) is 1. The lowest BCUT2D eigenvalue weighted by molar-refractivity contribution is 0.0463. The zero-order chi connectivity index (χ0) is 14.5. The third kappa shape index (κ3) is 3.03. The number of rotatable bonds is 4. The predicted octanol–water partition coefficient (Wildman–Crippen LogP) is 3.05. The summed E-state index contributed by atoms with van der Waals surface area (Å²) in [5, 5.41) is 9.17. The van der Waals surface area contributed by atoms with E-state index >= 15 is 0 Å². The van der Waals surface area contributed by atoms with Crippen molar-refractivity contribution in [1.29, 1.82) is 0 Å². The molecule has 0 spiro atoms. The second-order valence-corrected chi connectivity index (χ2v) is 4.36. The van der Waals surface area contributed by atoms with Gasteiger partial charge in [-0.2, -0.15) is 0 Å². The lowest BCUT2D eigenvalue weighted by Crippen LogP contribution is -2.13. The van der Waals surface area contributed by atoms with Gasteiger partial charge in [0.25, 0.3) is 0 Å². The van der Waals surface area contributed by atoms with E-state index in [2.05, 4.69) is 0 Å². The summed E-state index contributed by atoms with van der Waals surface area (Å²) in [6, 6.07) is 14.0. The summed E-state index contributed by atoms with van der Waals surface area (Å²) in [6.45, 7) is 1.77. The number of aryl methyl sites for hydroxylation is 1. The van der Waals surface area contributed by atoms with E-state index in [0.29, 0.717) is 5.56 Å². The first-order valence-electron chi connectivity index (χ1n) is 6.13. The molecule has 0 amide bonds. The number of aromatic carboxylic acids is 1. The Morgan fingerprint density at radius 3 is 2.40 bits per heavy atom. The quantitative estimate of drug-likeness (QED) is 0.867. The largest absolute Gasteiger partial charge is 0.478 e. The van der Waals surface area contributed by atoms with Crippen LogP contribution in [0.2, 0.25) is 0 Å². The summed E-state index contributed by atoms with van der Waals surface area (Å²) in [5.41, 5.74) is 1.45. The van der Waals surface area contributed by atoms with Crippen LogP contribution in [-0.2, 0) is 11.3 Å². The zero-order valence-corrected chi connectivity index (χ0v) is 11.0. The molecule has 0 heterocycles. The molecule has 2 aromatic carbocycles. The van der Waals surface area contributed by atoms with E-state index in [1.165, 1.54) is 6.07 Å². The average Bonchev–Trinajstić information content (AvgIpc) is 2.45. The normalized spacial score (nSPS) is 10.1.